The Kier molecular flexibility index (Phi) is 2.80. The third kappa shape index (κ3) is 1.82. The third-order valence-electron chi connectivity index (χ3n) is 4.41. The number of aliphatic hydroxyl groups is 1. The smallest absolute Gasteiger partial charge is 0.0820 e. The van der Waals surface area contributed by atoms with E-state index in [1.165, 1.54) is 25.7 Å². The molecule has 1 N–H and O–H groups in total. The summed E-state index contributed by atoms with van der Waals surface area (Å²) in [6, 6.07) is 8.12. The van der Waals surface area contributed by atoms with Gasteiger partial charge in [-0.1, -0.05) is 34.5 Å². The summed E-state index contributed by atoms with van der Waals surface area (Å²) in [6.45, 7) is 0. The van der Waals surface area contributed by atoms with Gasteiger partial charge in [0.15, 0.2) is 0 Å². The minimum absolute atomic E-state index is 0.247. The molecule has 0 radical (unpaired) electrons. The lowest BCUT2D eigenvalue weighted by Crippen LogP contribution is -2.19. The van der Waals surface area contributed by atoms with Crippen molar-refractivity contribution in [3.63, 3.8) is 0 Å². The highest BCUT2D eigenvalue weighted by Gasteiger charge is 2.42. The van der Waals surface area contributed by atoms with E-state index in [1.807, 2.05) is 24.3 Å². The Morgan fingerprint density at radius 1 is 1.12 bits per heavy atom. The van der Waals surface area contributed by atoms with E-state index in [4.69, 9.17) is 0 Å². The molecule has 86 valence electrons. The van der Waals surface area contributed by atoms with Crippen molar-refractivity contribution in [1.82, 2.24) is 0 Å². The molecule has 0 heterocycles. The Morgan fingerprint density at radius 3 is 2.44 bits per heavy atom. The molecule has 2 aliphatic carbocycles. The fraction of sp³-hybridized carbons (Fsp3) is 0.571. The first-order valence-electron chi connectivity index (χ1n) is 6.17. The Morgan fingerprint density at radius 2 is 1.88 bits per heavy atom. The Bertz CT molecular complexity index is 373. The van der Waals surface area contributed by atoms with Gasteiger partial charge in [0.05, 0.1) is 6.10 Å². The number of hydrogen-bond acceptors (Lipinski definition) is 1. The number of aliphatic hydroxyl groups excluding tert-OH is 1. The predicted molar refractivity (Wildman–Crippen MR) is 68.0 cm³/mol. The predicted octanol–water partition coefficient (Wildman–Crippen LogP) is 3.92. The lowest BCUT2D eigenvalue weighted by molar-refractivity contribution is 0.0745. The van der Waals surface area contributed by atoms with Crippen LogP contribution in [-0.2, 0) is 0 Å². The van der Waals surface area contributed by atoms with Gasteiger partial charge in [-0.25, -0.2) is 0 Å². The fourth-order valence-electron chi connectivity index (χ4n) is 3.59. The van der Waals surface area contributed by atoms with E-state index in [9.17, 15) is 5.11 Å². The highest BCUT2D eigenvalue weighted by molar-refractivity contribution is 9.10. The van der Waals surface area contributed by atoms with Gasteiger partial charge in [0.2, 0.25) is 0 Å². The van der Waals surface area contributed by atoms with Crippen molar-refractivity contribution in [2.45, 2.75) is 31.8 Å². The van der Waals surface area contributed by atoms with Crippen LogP contribution < -0.4 is 0 Å². The highest BCUT2D eigenvalue weighted by atomic mass is 79.9. The largest absolute Gasteiger partial charge is 0.388 e. The SMILES string of the molecule is OC(c1ccc(Br)cc1)C1CC2CCC1C2. The van der Waals surface area contributed by atoms with E-state index < -0.39 is 0 Å². The van der Waals surface area contributed by atoms with Gasteiger partial charge in [-0.3, -0.25) is 0 Å². The zero-order valence-electron chi connectivity index (χ0n) is 9.27. The molecule has 4 unspecified atom stereocenters. The average Bonchev–Trinajstić information content (AvgIpc) is 2.91. The maximum atomic E-state index is 10.4. The minimum atomic E-state index is -0.247. The lowest BCUT2D eigenvalue weighted by atomic mass is 9.82. The number of benzene rings is 1. The first kappa shape index (κ1) is 10.8. The van der Waals surface area contributed by atoms with Crippen LogP contribution in [-0.4, -0.2) is 5.11 Å². The van der Waals surface area contributed by atoms with Crippen LogP contribution >= 0.6 is 15.9 Å². The second-order valence-corrected chi connectivity index (χ2v) is 6.25. The molecule has 2 bridgehead atoms. The molecular weight excluding hydrogens is 264 g/mol. The van der Waals surface area contributed by atoms with Crippen LogP contribution in [0.5, 0.6) is 0 Å². The van der Waals surface area contributed by atoms with Crippen molar-refractivity contribution < 1.29 is 5.11 Å². The molecule has 1 nitrogen and oxygen atoms in total. The van der Waals surface area contributed by atoms with Gasteiger partial charge in [0.1, 0.15) is 0 Å². The van der Waals surface area contributed by atoms with E-state index in [0.717, 1.165) is 21.9 Å². The van der Waals surface area contributed by atoms with Crippen LogP contribution in [0, 0.1) is 17.8 Å². The molecular formula is C14H17BrO. The van der Waals surface area contributed by atoms with E-state index in [0.29, 0.717) is 5.92 Å². The van der Waals surface area contributed by atoms with Crippen LogP contribution in [0.3, 0.4) is 0 Å². The van der Waals surface area contributed by atoms with Crippen LogP contribution in [0.2, 0.25) is 0 Å². The van der Waals surface area contributed by atoms with Crippen LogP contribution in [0.4, 0.5) is 0 Å². The van der Waals surface area contributed by atoms with Gasteiger partial charge < -0.3 is 5.11 Å². The molecule has 2 heteroatoms. The number of fused-ring (bicyclic) bond motifs is 2. The molecule has 1 aromatic carbocycles. The number of rotatable bonds is 2. The minimum Gasteiger partial charge on any atom is -0.388 e. The second kappa shape index (κ2) is 4.15. The van der Waals surface area contributed by atoms with Gasteiger partial charge in [-0.2, -0.15) is 0 Å². The van der Waals surface area contributed by atoms with Gasteiger partial charge in [0, 0.05) is 4.47 Å². The Hall–Kier alpha value is -0.340. The third-order valence-corrected chi connectivity index (χ3v) is 4.94. The Balaban J connectivity index is 1.77. The molecule has 2 aliphatic rings. The van der Waals surface area contributed by atoms with Gasteiger partial charge in [-0.15, -0.1) is 0 Å². The normalized spacial score (nSPS) is 34.2. The molecule has 0 amide bonds. The van der Waals surface area contributed by atoms with Crippen LogP contribution in [0.15, 0.2) is 28.7 Å². The monoisotopic (exact) mass is 280 g/mol. The summed E-state index contributed by atoms with van der Waals surface area (Å²) in [6.07, 6.45) is 5.08. The van der Waals surface area contributed by atoms with Crippen LogP contribution in [0.1, 0.15) is 37.4 Å². The summed E-state index contributed by atoms with van der Waals surface area (Å²) in [5.41, 5.74) is 1.08. The molecule has 0 saturated heterocycles. The summed E-state index contributed by atoms with van der Waals surface area (Å²) >= 11 is 3.43. The summed E-state index contributed by atoms with van der Waals surface area (Å²) in [5, 5.41) is 10.4. The number of hydrogen-bond donors (Lipinski definition) is 1. The molecule has 1 aromatic rings. The molecule has 2 saturated carbocycles. The van der Waals surface area contributed by atoms with Crippen molar-refractivity contribution in [3.05, 3.63) is 34.3 Å². The molecule has 16 heavy (non-hydrogen) atoms. The number of halogens is 1. The zero-order valence-corrected chi connectivity index (χ0v) is 10.9. The fourth-order valence-corrected chi connectivity index (χ4v) is 3.85. The molecule has 0 spiro atoms. The summed E-state index contributed by atoms with van der Waals surface area (Å²) in [4.78, 5) is 0. The topological polar surface area (TPSA) is 20.2 Å². The Labute approximate surface area is 105 Å². The standard InChI is InChI=1S/C14H17BrO/c15-12-5-3-10(4-6-12)14(16)13-8-9-1-2-11(13)7-9/h3-6,9,11,13-14,16H,1-2,7-8H2. The molecule has 3 rings (SSSR count). The van der Waals surface area contributed by atoms with E-state index in [1.54, 1.807) is 0 Å². The van der Waals surface area contributed by atoms with Crippen molar-refractivity contribution in [2.24, 2.45) is 17.8 Å². The van der Waals surface area contributed by atoms with Crippen molar-refractivity contribution in [3.8, 4) is 0 Å². The summed E-state index contributed by atoms with van der Waals surface area (Å²) < 4.78 is 1.08. The molecule has 0 aliphatic heterocycles. The molecule has 4 atom stereocenters. The van der Waals surface area contributed by atoms with Gasteiger partial charge in [-0.05, 0) is 54.7 Å². The zero-order chi connectivity index (χ0) is 11.1. The van der Waals surface area contributed by atoms with E-state index >= 15 is 0 Å². The summed E-state index contributed by atoms with van der Waals surface area (Å²) in [7, 11) is 0. The van der Waals surface area contributed by atoms with Gasteiger partial charge >= 0.3 is 0 Å². The van der Waals surface area contributed by atoms with Crippen LogP contribution in [0.25, 0.3) is 0 Å². The summed E-state index contributed by atoms with van der Waals surface area (Å²) in [5.74, 6) is 2.20. The second-order valence-electron chi connectivity index (χ2n) is 5.34. The quantitative estimate of drug-likeness (QED) is 0.871. The first-order chi connectivity index (χ1) is 7.74. The lowest BCUT2D eigenvalue weighted by Gasteiger charge is -2.27. The maximum Gasteiger partial charge on any atom is 0.0820 e. The molecule has 2 fully saturated rings. The van der Waals surface area contributed by atoms with Crippen molar-refractivity contribution in [2.75, 3.05) is 0 Å². The van der Waals surface area contributed by atoms with E-state index in [-0.39, 0.29) is 6.10 Å². The highest BCUT2D eigenvalue weighted by Crippen LogP contribution is 2.52. The van der Waals surface area contributed by atoms with Crippen molar-refractivity contribution >= 4 is 15.9 Å². The van der Waals surface area contributed by atoms with Gasteiger partial charge in [0.25, 0.3) is 0 Å². The first-order valence-corrected chi connectivity index (χ1v) is 6.97. The van der Waals surface area contributed by atoms with Crippen molar-refractivity contribution in [1.29, 1.82) is 0 Å². The average molecular weight is 281 g/mol. The van der Waals surface area contributed by atoms with E-state index in [2.05, 4.69) is 15.9 Å². The molecule has 0 aromatic heterocycles. The maximum absolute atomic E-state index is 10.4.